The lowest BCUT2D eigenvalue weighted by atomic mass is 9.88. The number of hydrogen-bond acceptors (Lipinski definition) is 12. The number of hydrogen-bond donors (Lipinski definition) is 0. The van der Waals surface area contributed by atoms with Crippen LogP contribution in [0.25, 0.3) is 147 Å². The first kappa shape index (κ1) is 81.3. The summed E-state index contributed by atoms with van der Waals surface area (Å²) in [4.78, 5) is 160. The van der Waals surface area contributed by atoms with Gasteiger partial charge in [0, 0.05) is 116 Å². The van der Waals surface area contributed by atoms with Gasteiger partial charge in [0.1, 0.15) is 16.9 Å². The molecule has 10 aromatic carbocycles. The molecule has 19 rings (SSSR count). The lowest BCUT2D eigenvalue weighted by molar-refractivity contribution is 0.0501. The smallest absolute Gasteiger partial charge is 0.264 e. The van der Waals surface area contributed by atoms with Crippen LogP contribution in [0.4, 0.5) is 0 Å². The fourth-order valence-electron chi connectivity index (χ4n) is 22.0. The molecular formula is C105H111N9O9. The average Bonchev–Trinajstić information content (AvgIpc) is 1.67. The van der Waals surface area contributed by atoms with Crippen LogP contribution in [0, 0.1) is 0 Å². The maximum atomic E-state index is 15.9. The second-order valence-electron chi connectivity index (χ2n) is 36.2. The van der Waals surface area contributed by atoms with Gasteiger partial charge in [-0.15, -0.1) is 0 Å². The topological polar surface area (TPSA) is 215 Å². The molecule has 18 heteroatoms. The number of imide groups is 3. The van der Waals surface area contributed by atoms with Crippen molar-refractivity contribution in [3.05, 3.63) is 174 Å². The third kappa shape index (κ3) is 13.3. The second kappa shape index (κ2) is 33.7. The fraction of sp³-hybridized carbons (Fsp3) is 0.429. The molecule has 0 atom stereocenters. The molecular weight excluding hydrogens is 1530 g/mol. The van der Waals surface area contributed by atoms with Crippen molar-refractivity contribution in [2.45, 2.75) is 291 Å². The normalized spacial score (nSPS) is 14.2. The molecule has 3 aliphatic rings. The molecule has 0 saturated carbocycles. The van der Waals surface area contributed by atoms with Crippen LogP contribution in [0.3, 0.4) is 0 Å². The lowest BCUT2D eigenvalue weighted by Crippen LogP contribution is -2.47. The highest BCUT2D eigenvalue weighted by molar-refractivity contribution is 6.36. The SMILES string of the molecule is CCCCCCCC(CCCCCCC)N1C(=O)c2ccc3c(=O)n4c5cc6c(cc5nc4c4ccc(c2c34)C1=O)c1cc2nc3c4ccc5c7c(ccc(c(=O)n3c2cc1c1cc2c(cc61)nc1c3ccc6c8c(ccc(c(=O)n21)c83)C(=O)N(C(CCCCCCC)CCCCCCC)C6=O)c74)C(=O)N(C(CCCCCCC)CCCCCCC)C5=O. The van der Waals surface area contributed by atoms with Crippen LogP contribution in [0.1, 0.15) is 335 Å². The van der Waals surface area contributed by atoms with Crippen molar-refractivity contribution in [2.75, 3.05) is 0 Å². The number of imidazole rings is 3. The summed E-state index contributed by atoms with van der Waals surface area (Å²) in [6.45, 7) is 13.2. The van der Waals surface area contributed by atoms with Crippen LogP contribution in [0.5, 0.6) is 0 Å². The highest BCUT2D eigenvalue weighted by atomic mass is 16.2. The van der Waals surface area contributed by atoms with Crippen LogP contribution in [0.2, 0.25) is 0 Å². The number of carbonyl (C=O) groups is 6. The summed E-state index contributed by atoms with van der Waals surface area (Å²) in [6.07, 6.45) is 36.2. The summed E-state index contributed by atoms with van der Waals surface area (Å²) in [6, 6.07) is 32.6. The van der Waals surface area contributed by atoms with Crippen molar-refractivity contribution in [3.8, 4) is 0 Å². The molecule has 0 unspecified atom stereocenters. The number of nitrogens with zero attached hydrogens (tertiary/aromatic N) is 9. The molecule has 18 nitrogen and oxygen atoms in total. The van der Waals surface area contributed by atoms with Crippen LogP contribution in [-0.2, 0) is 0 Å². The molecule has 6 aromatic heterocycles. The van der Waals surface area contributed by atoms with Gasteiger partial charge >= 0.3 is 0 Å². The highest BCUT2D eigenvalue weighted by Gasteiger charge is 2.43. The van der Waals surface area contributed by atoms with Crippen molar-refractivity contribution < 1.29 is 28.8 Å². The van der Waals surface area contributed by atoms with Gasteiger partial charge in [0.05, 0.1) is 33.1 Å². The molecule has 123 heavy (non-hydrogen) atoms. The highest BCUT2D eigenvalue weighted by Crippen LogP contribution is 2.47. The minimum Gasteiger partial charge on any atom is -0.271 e. The van der Waals surface area contributed by atoms with Gasteiger partial charge in [-0.05, 0) is 180 Å². The maximum absolute atomic E-state index is 15.9. The Hall–Kier alpha value is -11.4. The molecule has 0 N–H and O–H groups in total. The van der Waals surface area contributed by atoms with E-state index in [1.54, 1.807) is 49.6 Å². The van der Waals surface area contributed by atoms with E-state index in [0.717, 1.165) is 242 Å². The van der Waals surface area contributed by atoms with E-state index in [9.17, 15) is 0 Å². The summed E-state index contributed by atoms with van der Waals surface area (Å²) in [5.41, 5.74) is 5.24. The van der Waals surface area contributed by atoms with Gasteiger partial charge < -0.3 is 0 Å². The standard InChI is InChI=1S/C105H111N9O9/c1-7-13-19-25-31-37-61(38-32-26-20-14-8-2)109-97(115)70-46-43-64-88-67(49-52-73(91(70)88)100(109)118)103(121)112-85-58-79-76(55-82(85)106-94(64)112)77-56-83-86(113-95(107-83)65-44-47-71-92-74(53-50-68(89(65)92)104(113)122)101(119)110(98(71)116)62(39-33-27-21-15-9-3)40-34-28-22-16-10-4)59-80(77)81-60-87-84(57-78(79)81)108-96-66-45-48-72-93-75(54-51-69(90(66)93)105(123)114(87)96)102(120)111(99(72)117)63(41-35-29-23-17-11-5)42-36-30-24-18-12-6/h43-63H,7-42H2,1-6H3. The second-order valence-corrected chi connectivity index (χ2v) is 36.2. The third-order valence-corrected chi connectivity index (χ3v) is 28.4. The monoisotopic (exact) mass is 1640 g/mol. The van der Waals surface area contributed by atoms with E-state index in [2.05, 4.69) is 41.5 Å². The number of rotatable bonds is 39. The van der Waals surface area contributed by atoms with E-state index in [-0.39, 0.29) is 70.2 Å². The molecule has 9 heterocycles. The molecule has 630 valence electrons. The number of benzene rings is 10. The van der Waals surface area contributed by atoms with E-state index >= 15 is 43.2 Å². The molecule has 0 bridgehead atoms. The Morgan fingerprint density at radius 1 is 0.220 bits per heavy atom. The van der Waals surface area contributed by atoms with Gasteiger partial charge in [-0.25, -0.2) is 15.0 Å². The molecule has 0 aliphatic carbocycles. The van der Waals surface area contributed by atoms with Gasteiger partial charge in [0.25, 0.3) is 52.1 Å². The predicted molar refractivity (Wildman–Crippen MR) is 498 cm³/mol. The average molecular weight is 1640 g/mol. The third-order valence-electron chi connectivity index (χ3n) is 28.4. The van der Waals surface area contributed by atoms with Crippen molar-refractivity contribution in [1.29, 1.82) is 0 Å². The summed E-state index contributed by atoms with van der Waals surface area (Å²) < 4.78 is 4.92. The van der Waals surface area contributed by atoms with Gasteiger partial charge in [-0.2, -0.15) is 0 Å². The Balaban J connectivity index is 0.794. The molecule has 16 aromatic rings. The van der Waals surface area contributed by atoms with Crippen LogP contribution < -0.4 is 16.7 Å². The van der Waals surface area contributed by atoms with Crippen LogP contribution >= 0.6 is 0 Å². The summed E-state index contributed by atoms with van der Waals surface area (Å²) in [7, 11) is 0. The summed E-state index contributed by atoms with van der Waals surface area (Å²) in [5.74, 6) is -2.05. The van der Waals surface area contributed by atoms with E-state index in [0.29, 0.717) is 170 Å². The Morgan fingerprint density at radius 3 is 0.626 bits per heavy atom. The van der Waals surface area contributed by atoms with E-state index in [1.807, 2.05) is 72.8 Å². The summed E-state index contributed by atoms with van der Waals surface area (Å²) in [5, 5.41) is 10.0. The van der Waals surface area contributed by atoms with Gasteiger partial charge in [0.2, 0.25) is 0 Å². The Labute approximate surface area is 714 Å². The number of carbonyl (C=O) groups excluding carboxylic acids is 6. The van der Waals surface area contributed by atoms with Gasteiger partial charge in [-0.3, -0.25) is 71.1 Å². The molecule has 0 spiro atoms. The molecule has 3 aliphatic heterocycles. The zero-order valence-electron chi connectivity index (χ0n) is 72.3. The molecule has 0 saturated heterocycles. The maximum Gasteiger partial charge on any atom is 0.264 e. The first-order chi connectivity index (χ1) is 60.1. The minimum absolute atomic E-state index is 0.266. The fourth-order valence-corrected chi connectivity index (χ4v) is 22.0. The first-order valence-corrected chi connectivity index (χ1v) is 46.9. The van der Waals surface area contributed by atoms with Crippen molar-refractivity contribution in [2.24, 2.45) is 0 Å². The number of pyridine rings is 3. The van der Waals surface area contributed by atoms with Gasteiger partial charge in [-0.1, -0.05) is 234 Å². The van der Waals surface area contributed by atoms with Crippen LogP contribution in [-0.4, -0.2) is 96.4 Å². The lowest BCUT2D eigenvalue weighted by Gasteiger charge is -2.34. The van der Waals surface area contributed by atoms with Gasteiger partial charge in [0.15, 0.2) is 0 Å². The molecule has 0 fully saturated rings. The Kier molecular flexibility index (Phi) is 22.3. The van der Waals surface area contributed by atoms with E-state index in [1.165, 1.54) is 14.7 Å². The van der Waals surface area contributed by atoms with Crippen molar-refractivity contribution in [3.63, 3.8) is 0 Å². The zero-order chi connectivity index (χ0) is 84.7. The van der Waals surface area contributed by atoms with Crippen molar-refractivity contribution >= 4 is 182 Å². The zero-order valence-corrected chi connectivity index (χ0v) is 72.3. The number of fused-ring (bicyclic) bond motifs is 18. The molecule has 6 amide bonds. The Morgan fingerprint density at radius 2 is 0.415 bits per heavy atom. The largest absolute Gasteiger partial charge is 0.271 e. The van der Waals surface area contributed by atoms with E-state index < -0.39 is 0 Å². The quantitative estimate of drug-likeness (QED) is 0.0200. The Bertz CT molecular complexity index is 7110. The number of aromatic nitrogens is 6. The number of amides is 6. The summed E-state index contributed by atoms with van der Waals surface area (Å²) >= 11 is 0. The number of unbranched alkanes of at least 4 members (excludes halogenated alkanes) is 24. The minimum atomic E-state index is -0.376. The van der Waals surface area contributed by atoms with E-state index in [4.69, 9.17) is 15.0 Å². The molecule has 0 radical (unpaired) electrons. The van der Waals surface area contributed by atoms with Crippen molar-refractivity contribution in [1.82, 2.24) is 42.9 Å². The van der Waals surface area contributed by atoms with Crippen LogP contribution in [0.15, 0.2) is 124 Å². The predicted octanol–water partition coefficient (Wildman–Crippen LogP) is 24.9. The first-order valence-electron chi connectivity index (χ1n) is 46.9.